The highest BCUT2D eigenvalue weighted by Crippen LogP contribution is 2.37. The highest BCUT2D eigenvalue weighted by molar-refractivity contribution is 5.69. The van der Waals surface area contributed by atoms with Crippen molar-refractivity contribution in [2.24, 2.45) is 0 Å². The molecule has 27 heavy (non-hydrogen) atoms. The summed E-state index contributed by atoms with van der Waals surface area (Å²) < 4.78 is 11.8. The second-order valence-electron chi connectivity index (χ2n) is 5.60. The fraction of sp³-hybridized carbons (Fsp3) is 0. The molecular formula is C21H16N4O2. The van der Waals surface area contributed by atoms with Crippen molar-refractivity contribution in [3.8, 4) is 23.3 Å². The van der Waals surface area contributed by atoms with Crippen LogP contribution in [0.1, 0.15) is 0 Å². The minimum Gasteiger partial charge on any atom is -0.436 e. The molecule has 0 aliphatic carbocycles. The smallest absolute Gasteiger partial charge is 0.270 e. The normalized spacial score (nSPS) is 10.2. The van der Waals surface area contributed by atoms with E-state index >= 15 is 0 Å². The lowest BCUT2D eigenvalue weighted by atomic mass is 10.3. The third-order valence-electron chi connectivity index (χ3n) is 3.66. The van der Waals surface area contributed by atoms with E-state index in [2.05, 4.69) is 20.7 Å². The van der Waals surface area contributed by atoms with Gasteiger partial charge in [-0.2, -0.15) is 0 Å². The Kier molecular flexibility index (Phi) is 4.88. The summed E-state index contributed by atoms with van der Waals surface area (Å²) in [6.45, 7) is 0. The van der Waals surface area contributed by atoms with Gasteiger partial charge in [0.1, 0.15) is 11.5 Å². The second kappa shape index (κ2) is 7.97. The molecule has 6 heteroatoms. The van der Waals surface area contributed by atoms with Crippen LogP contribution in [0.2, 0.25) is 0 Å². The number of rotatable bonds is 6. The lowest BCUT2D eigenvalue weighted by Gasteiger charge is -2.14. The third-order valence-corrected chi connectivity index (χ3v) is 3.66. The number of nitrogens with zero attached hydrogens (tertiary/aromatic N) is 3. The Hall–Kier alpha value is -3.93. The molecule has 0 bridgehead atoms. The number of nitrogens with one attached hydrogen (secondary N) is 1. The molecule has 0 atom stereocenters. The van der Waals surface area contributed by atoms with Crippen molar-refractivity contribution >= 4 is 11.4 Å². The summed E-state index contributed by atoms with van der Waals surface area (Å²) >= 11 is 0. The number of para-hydroxylation sites is 3. The minimum absolute atomic E-state index is 0.269. The number of anilines is 2. The highest BCUT2D eigenvalue weighted by atomic mass is 16.5. The van der Waals surface area contributed by atoms with E-state index in [1.807, 2.05) is 91.0 Å². The Labute approximate surface area is 156 Å². The van der Waals surface area contributed by atoms with Gasteiger partial charge in [-0.05, 0) is 41.6 Å². The van der Waals surface area contributed by atoms with E-state index in [1.165, 1.54) is 0 Å². The fourth-order valence-electron chi connectivity index (χ4n) is 2.41. The minimum atomic E-state index is 0.269. The van der Waals surface area contributed by atoms with Gasteiger partial charge in [-0.3, -0.25) is 0 Å². The number of hydrogen-bond acceptors (Lipinski definition) is 6. The SMILES string of the molecule is c1ccc(Nc2c(Oc3ccccc3)nnnc2Oc2ccccc2)cc1. The number of benzene rings is 3. The zero-order valence-electron chi connectivity index (χ0n) is 14.3. The van der Waals surface area contributed by atoms with Crippen LogP contribution in [0.15, 0.2) is 91.0 Å². The molecule has 0 aliphatic heterocycles. The van der Waals surface area contributed by atoms with E-state index in [0.717, 1.165) is 5.69 Å². The summed E-state index contributed by atoms with van der Waals surface area (Å²) in [6.07, 6.45) is 0. The number of hydrogen-bond donors (Lipinski definition) is 1. The van der Waals surface area contributed by atoms with Gasteiger partial charge < -0.3 is 14.8 Å². The third kappa shape index (κ3) is 4.19. The molecule has 6 nitrogen and oxygen atoms in total. The largest absolute Gasteiger partial charge is 0.436 e. The molecule has 4 aromatic rings. The molecule has 0 spiro atoms. The predicted molar refractivity (Wildman–Crippen MR) is 103 cm³/mol. The van der Waals surface area contributed by atoms with E-state index in [1.54, 1.807) is 0 Å². The maximum absolute atomic E-state index is 5.90. The van der Waals surface area contributed by atoms with Gasteiger partial charge in [0.2, 0.25) is 0 Å². The molecule has 3 aromatic carbocycles. The van der Waals surface area contributed by atoms with Crippen LogP contribution >= 0.6 is 0 Å². The molecule has 4 rings (SSSR count). The molecule has 0 radical (unpaired) electrons. The predicted octanol–water partition coefficient (Wildman–Crippen LogP) is 5.20. The van der Waals surface area contributed by atoms with Gasteiger partial charge in [-0.15, -0.1) is 0 Å². The van der Waals surface area contributed by atoms with Crippen molar-refractivity contribution in [3.63, 3.8) is 0 Å². The fourth-order valence-corrected chi connectivity index (χ4v) is 2.41. The van der Waals surface area contributed by atoms with Gasteiger partial charge in [0.25, 0.3) is 11.8 Å². The first kappa shape index (κ1) is 16.5. The summed E-state index contributed by atoms with van der Waals surface area (Å²) in [5.74, 6) is 1.82. The monoisotopic (exact) mass is 356 g/mol. The van der Waals surface area contributed by atoms with Crippen molar-refractivity contribution < 1.29 is 9.47 Å². The van der Waals surface area contributed by atoms with Crippen LogP contribution in [-0.2, 0) is 0 Å². The van der Waals surface area contributed by atoms with Crippen LogP contribution in [-0.4, -0.2) is 15.4 Å². The van der Waals surface area contributed by atoms with E-state index < -0.39 is 0 Å². The topological polar surface area (TPSA) is 69.2 Å². The Morgan fingerprint density at radius 2 is 1.00 bits per heavy atom. The van der Waals surface area contributed by atoms with E-state index in [9.17, 15) is 0 Å². The van der Waals surface area contributed by atoms with Crippen molar-refractivity contribution in [2.75, 3.05) is 5.32 Å². The van der Waals surface area contributed by atoms with Crippen LogP contribution in [0.25, 0.3) is 0 Å². The lowest BCUT2D eigenvalue weighted by molar-refractivity contribution is 0.421. The van der Waals surface area contributed by atoms with Crippen LogP contribution in [0.4, 0.5) is 11.4 Å². The quantitative estimate of drug-likeness (QED) is 0.512. The molecule has 0 unspecified atom stereocenters. The Morgan fingerprint density at radius 3 is 1.48 bits per heavy atom. The zero-order valence-corrected chi connectivity index (χ0v) is 14.3. The number of ether oxygens (including phenoxy) is 2. The van der Waals surface area contributed by atoms with E-state index in [-0.39, 0.29) is 11.8 Å². The first-order valence-electron chi connectivity index (χ1n) is 8.40. The molecule has 1 heterocycles. The van der Waals surface area contributed by atoms with Crippen LogP contribution < -0.4 is 14.8 Å². The maximum Gasteiger partial charge on any atom is 0.270 e. The molecule has 0 saturated heterocycles. The van der Waals surface area contributed by atoms with Gasteiger partial charge in [0.15, 0.2) is 5.69 Å². The van der Waals surface area contributed by atoms with Crippen molar-refractivity contribution in [1.29, 1.82) is 0 Å². The zero-order chi connectivity index (χ0) is 18.3. The molecule has 1 aromatic heterocycles. The van der Waals surface area contributed by atoms with E-state index in [0.29, 0.717) is 17.2 Å². The number of aromatic nitrogens is 3. The van der Waals surface area contributed by atoms with Crippen LogP contribution in [0.5, 0.6) is 23.3 Å². The first-order chi connectivity index (χ1) is 13.4. The summed E-state index contributed by atoms with van der Waals surface area (Å²) in [5.41, 5.74) is 1.34. The summed E-state index contributed by atoms with van der Waals surface area (Å²) in [6, 6.07) is 28.4. The van der Waals surface area contributed by atoms with Crippen molar-refractivity contribution in [3.05, 3.63) is 91.0 Å². The average Bonchev–Trinajstić information content (AvgIpc) is 2.73. The summed E-state index contributed by atoms with van der Waals surface area (Å²) in [4.78, 5) is 0. The molecule has 0 fully saturated rings. The Morgan fingerprint density at radius 1 is 0.556 bits per heavy atom. The van der Waals surface area contributed by atoms with Crippen molar-refractivity contribution in [1.82, 2.24) is 15.4 Å². The van der Waals surface area contributed by atoms with E-state index in [4.69, 9.17) is 9.47 Å². The van der Waals surface area contributed by atoms with Gasteiger partial charge in [-0.25, -0.2) is 0 Å². The summed E-state index contributed by atoms with van der Waals surface area (Å²) in [7, 11) is 0. The van der Waals surface area contributed by atoms with Crippen LogP contribution in [0.3, 0.4) is 0 Å². The standard InChI is InChI=1S/C21H16N4O2/c1-4-10-16(11-5-1)22-19-20(26-17-12-6-2-7-13-17)23-25-24-21(19)27-18-14-8-3-9-15-18/h1-15H,(H,22,25). The first-order valence-corrected chi connectivity index (χ1v) is 8.40. The molecule has 0 aliphatic rings. The molecule has 132 valence electrons. The Balaban J connectivity index is 1.72. The average molecular weight is 356 g/mol. The van der Waals surface area contributed by atoms with Crippen LogP contribution in [0, 0.1) is 0 Å². The van der Waals surface area contributed by atoms with Gasteiger partial charge in [0.05, 0.1) is 0 Å². The second-order valence-corrected chi connectivity index (χ2v) is 5.60. The molecular weight excluding hydrogens is 340 g/mol. The van der Waals surface area contributed by atoms with Gasteiger partial charge >= 0.3 is 0 Å². The maximum atomic E-state index is 5.90. The van der Waals surface area contributed by atoms with Gasteiger partial charge in [0, 0.05) is 5.69 Å². The molecule has 1 N–H and O–H groups in total. The lowest BCUT2D eigenvalue weighted by Crippen LogP contribution is -2.03. The summed E-state index contributed by atoms with van der Waals surface area (Å²) in [5, 5.41) is 15.1. The highest BCUT2D eigenvalue weighted by Gasteiger charge is 2.17. The van der Waals surface area contributed by atoms with Gasteiger partial charge in [-0.1, -0.05) is 64.8 Å². The molecule has 0 saturated carbocycles. The van der Waals surface area contributed by atoms with Crippen molar-refractivity contribution in [2.45, 2.75) is 0 Å². The Bertz CT molecular complexity index is 937. The molecule has 0 amide bonds.